The molecule has 4 nitrogen and oxygen atoms in total. The molecule has 0 amide bonds. The zero-order chi connectivity index (χ0) is 14.9. The molecule has 1 fully saturated rings. The van der Waals surface area contributed by atoms with E-state index >= 15 is 0 Å². The SMILES string of the molecule is CCC(CC)n1nc(C2CCCC2)c(S(=O)(=O)Cl)c1Cl. The Labute approximate surface area is 129 Å². The van der Waals surface area contributed by atoms with Crippen LogP contribution in [-0.2, 0) is 9.05 Å². The standard InChI is InChI=1S/C13H20Cl2N2O2S/c1-3-10(4-2)17-13(14)12(20(15,18)19)11(16-17)9-7-5-6-8-9/h9-10H,3-8H2,1-2H3. The van der Waals surface area contributed by atoms with Crippen LogP contribution in [0.3, 0.4) is 0 Å². The Morgan fingerprint density at radius 1 is 1.30 bits per heavy atom. The fourth-order valence-electron chi connectivity index (χ4n) is 2.98. The first kappa shape index (κ1) is 16.1. The second-order valence-corrected chi connectivity index (χ2v) is 8.20. The van der Waals surface area contributed by atoms with Crippen LogP contribution in [0.2, 0.25) is 5.15 Å². The third-order valence-electron chi connectivity index (χ3n) is 4.11. The zero-order valence-corrected chi connectivity index (χ0v) is 14.1. The molecule has 1 saturated carbocycles. The summed E-state index contributed by atoms with van der Waals surface area (Å²) in [5.74, 6) is 0.159. The predicted octanol–water partition coefficient (Wildman–Crippen LogP) is 4.48. The van der Waals surface area contributed by atoms with Crippen molar-refractivity contribution in [1.82, 2.24) is 9.78 Å². The molecule has 0 unspecified atom stereocenters. The highest BCUT2D eigenvalue weighted by atomic mass is 35.7. The van der Waals surface area contributed by atoms with Gasteiger partial charge in [-0.1, -0.05) is 38.3 Å². The summed E-state index contributed by atoms with van der Waals surface area (Å²) in [7, 11) is 1.71. The summed E-state index contributed by atoms with van der Waals surface area (Å²) < 4.78 is 25.4. The van der Waals surface area contributed by atoms with Crippen molar-refractivity contribution in [2.45, 2.75) is 69.2 Å². The van der Waals surface area contributed by atoms with Gasteiger partial charge in [-0.05, 0) is 25.7 Å². The maximum Gasteiger partial charge on any atom is 0.266 e. The molecule has 0 atom stereocenters. The lowest BCUT2D eigenvalue weighted by Crippen LogP contribution is -2.09. The maximum absolute atomic E-state index is 11.9. The molecule has 1 aliphatic rings. The Morgan fingerprint density at radius 2 is 1.85 bits per heavy atom. The van der Waals surface area contributed by atoms with Crippen molar-refractivity contribution in [3.8, 4) is 0 Å². The fraction of sp³-hybridized carbons (Fsp3) is 0.769. The van der Waals surface area contributed by atoms with Gasteiger partial charge in [0.1, 0.15) is 10.0 Å². The molecule has 2 rings (SSSR count). The lowest BCUT2D eigenvalue weighted by atomic mass is 10.1. The highest BCUT2D eigenvalue weighted by molar-refractivity contribution is 8.13. The average Bonchev–Trinajstić information content (AvgIpc) is 2.98. The molecular formula is C13H20Cl2N2O2S. The van der Waals surface area contributed by atoms with Crippen molar-refractivity contribution in [1.29, 1.82) is 0 Å². The molecular weight excluding hydrogens is 319 g/mol. The van der Waals surface area contributed by atoms with Crippen LogP contribution in [-0.4, -0.2) is 18.2 Å². The number of aromatic nitrogens is 2. The van der Waals surface area contributed by atoms with Gasteiger partial charge in [-0.3, -0.25) is 0 Å². The summed E-state index contributed by atoms with van der Waals surface area (Å²) in [6.07, 6.45) is 5.81. The summed E-state index contributed by atoms with van der Waals surface area (Å²) in [5, 5.41) is 4.68. The van der Waals surface area contributed by atoms with Crippen molar-refractivity contribution in [3.63, 3.8) is 0 Å². The third kappa shape index (κ3) is 3.00. The van der Waals surface area contributed by atoms with E-state index in [0.717, 1.165) is 38.5 Å². The molecule has 1 heterocycles. The largest absolute Gasteiger partial charge is 0.266 e. The monoisotopic (exact) mass is 338 g/mol. The first-order chi connectivity index (χ1) is 9.40. The molecule has 1 aliphatic carbocycles. The van der Waals surface area contributed by atoms with Gasteiger partial charge in [0.15, 0.2) is 0 Å². The molecule has 0 bridgehead atoms. The summed E-state index contributed by atoms with van der Waals surface area (Å²) >= 11 is 6.28. The zero-order valence-electron chi connectivity index (χ0n) is 11.8. The lowest BCUT2D eigenvalue weighted by molar-refractivity contribution is 0.423. The number of rotatable bonds is 5. The van der Waals surface area contributed by atoms with Crippen LogP contribution in [0.4, 0.5) is 0 Å². The van der Waals surface area contributed by atoms with E-state index in [2.05, 4.69) is 5.10 Å². The van der Waals surface area contributed by atoms with E-state index in [0.29, 0.717) is 5.69 Å². The molecule has 0 N–H and O–H groups in total. The number of halogens is 2. The Bertz CT molecular complexity index is 573. The summed E-state index contributed by atoms with van der Waals surface area (Å²) in [4.78, 5) is 0.0274. The van der Waals surface area contributed by atoms with E-state index in [-0.39, 0.29) is 22.0 Å². The van der Waals surface area contributed by atoms with E-state index in [1.807, 2.05) is 13.8 Å². The third-order valence-corrected chi connectivity index (χ3v) is 5.94. The van der Waals surface area contributed by atoms with Gasteiger partial charge >= 0.3 is 0 Å². The minimum absolute atomic E-state index is 0.0274. The van der Waals surface area contributed by atoms with Gasteiger partial charge < -0.3 is 0 Å². The van der Waals surface area contributed by atoms with Gasteiger partial charge in [-0.2, -0.15) is 5.10 Å². The van der Waals surface area contributed by atoms with Crippen molar-refractivity contribution in [3.05, 3.63) is 10.8 Å². The van der Waals surface area contributed by atoms with Crippen molar-refractivity contribution < 1.29 is 8.42 Å². The first-order valence-electron chi connectivity index (χ1n) is 7.12. The van der Waals surface area contributed by atoms with Crippen molar-refractivity contribution >= 4 is 31.3 Å². The number of hydrogen-bond donors (Lipinski definition) is 0. The summed E-state index contributed by atoms with van der Waals surface area (Å²) in [6, 6.07) is 0.106. The lowest BCUT2D eigenvalue weighted by Gasteiger charge is -2.14. The van der Waals surface area contributed by atoms with E-state index in [1.165, 1.54) is 0 Å². The minimum atomic E-state index is -3.87. The topological polar surface area (TPSA) is 52.0 Å². The Kier molecular flexibility index (Phi) is 5.03. The molecule has 20 heavy (non-hydrogen) atoms. The summed E-state index contributed by atoms with van der Waals surface area (Å²) in [5.41, 5.74) is 0.564. The highest BCUT2D eigenvalue weighted by Gasteiger charge is 2.33. The fourth-order valence-corrected chi connectivity index (χ4v) is 4.89. The van der Waals surface area contributed by atoms with Gasteiger partial charge in [0.25, 0.3) is 9.05 Å². The molecule has 0 saturated heterocycles. The predicted molar refractivity (Wildman–Crippen MR) is 81.1 cm³/mol. The van der Waals surface area contributed by atoms with Crippen LogP contribution < -0.4 is 0 Å². The van der Waals surface area contributed by atoms with Gasteiger partial charge in [-0.15, -0.1) is 0 Å². The minimum Gasteiger partial charge on any atom is -0.249 e. The first-order valence-corrected chi connectivity index (χ1v) is 9.81. The highest BCUT2D eigenvalue weighted by Crippen LogP contribution is 2.41. The van der Waals surface area contributed by atoms with Crippen LogP contribution in [0.5, 0.6) is 0 Å². The van der Waals surface area contributed by atoms with E-state index in [9.17, 15) is 8.42 Å². The van der Waals surface area contributed by atoms with E-state index < -0.39 is 9.05 Å². The number of nitrogens with zero attached hydrogens (tertiary/aromatic N) is 2. The van der Waals surface area contributed by atoms with Crippen molar-refractivity contribution in [2.75, 3.05) is 0 Å². The second-order valence-electron chi connectivity index (χ2n) is 5.34. The molecule has 0 aromatic carbocycles. The molecule has 0 radical (unpaired) electrons. The second kappa shape index (κ2) is 6.24. The Hall–Kier alpha value is -0.260. The smallest absolute Gasteiger partial charge is 0.249 e. The van der Waals surface area contributed by atoms with Gasteiger partial charge in [0, 0.05) is 16.6 Å². The van der Waals surface area contributed by atoms with Crippen LogP contribution >= 0.6 is 22.3 Å². The van der Waals surface area contributed by atoms with Gasteiger partial charge in [-0.25, -0.2) is 13.1 Å². The van der Waals surface area contributed by atoms with Crippen LogP contribution in [0.15, 0.2) is 4.90 Å². The average molecular weight is 339 g/mol. The van der Waals surface area contributed by atoms with Crippen LogP contribution in [0.25, 0.3) is 0 Å². The molecule has 1 aromatic heterocycles. The Balaban J connectivity index is 2.57. The normalized spacial score (nSPS) is 17.2. The van der Waals surface area contributed by atoms with E-state index in [4.69, 9.17) is 22.3 Å². The van der Waals surface area contributed by atoms with Gasteiger partial charge in [0.05, 0.1) is 11.7 Å². The quantitative estimate of drug-likeness (QED) is 0.743. The molecule has 1 aromatic rings. The molecule has 0 aliphatic heterocycles. The molecule has 0 spiro atoms. The van der Waals surface area contributed by atoms with E-state index in [1.54, 1.807) is 4.68 Å². The molecule has 114 valence electrons. The maximum atomic E-state index is 11.9. The Morgan fingerprint density at radius 3 is 2.30 bits per heavy atom. The summed E-state index contributed by atoms with van der Waals surface area (Å²) in [6.45, 7) is 4.08. The van der Waals surface area contributed by atoms with Crippen molar-refractivity contribution in [2.24, 2.45) is 0 Å². The molecule has 7 heteroatoms. The van der Waals surface area contributed by atoms with Crippen LogP contribution in [0.1, 0.15) is 70.0 Å². The number of hydrogen-bond acceptors (Lipinski definition) is 3. The van der Waals surface area contributed by atoms with Gasteiger partial charge in [0.2, 0.25) is 0 Å². The van der Waals surface area contributed by atoms with Crippen LogP contribution in [0, 0.1) is 0 Å².